The van der Waals surface area contributed by atoms with E-state index in [2.05, 4.69) is 34.6 Å². The average molecular weight is 526 g/mol. The molecule has 36 heavy (non-hydrogen) atoms. The minimum atomic E-state index is -0.675. The van der Waals surface area contributed by atoms with Gasteiger partial charge in [-0.25, -0.2) is 5.43 Å². The summed E-state index contributed by atoms with van der Waals surface area (Å²) < 4.78 is 0. The van der Waals surface area contributed by atoms with Crippen molar-refractivity contribution in [1.29, 1.82) is 0 Å². The Morgan fingerprint density at radius 3 is 2.39 bits per heavy atom. The summed E-state index contributed by atoms with van der Waals surface area (Å²) in [5.41, 5.74) is 4.24. The SMILES string of the molecule is CCN(CC)c1ccc(C=C(NC(=O)c2ccccc2Cl)C(=O)NN=Cc2ccc([N+](=O)[O-])s2)cc1. The van der Waals surface area contributed by atoms with Gasteiger partial charge in [0.2, 0.25) is 0 Å². The number of hydrazone groups is 1. The standard InChI is InChI=1S/C25H24ClN5O4S/c1-3-30(4-2)18-11-9-17(10-12-18)15-22(28-24(32)20-7-5-6-8-21(20)26)25(33)29-27-16-19-13-14-23(36-19)31(34)35/h5-16H,3-4H2,1-2H3,(H,28,32)(H,29,33). The van der Waals surface area contributed by atoms with E-state index in [1.54, 1.807) is 24.3 Å². The first-order valence-electron chi connectivity index (χ1n) is 11.0. The predicted molar refractivity (Wildman–Crippen MR) is 144 cm³/mol. The Morgan fingerprint density at radius 1 is 1.08 bits per heavy atom. The Bertz CT molecular complexity index is 1300. The van der Waals surface area contributed by atoms with Gasteiger partial charge in [0.15, 0.2) is 0 Å². The molecule has 9 nitrogen and oxygen atoms in total. The molecule has 2 aromatic carbocycles. The molecule has 0 saturated heterocycles. The highest BCUT2D eigenvalue weighted by molar-refractivity contribution is 7.16. The molecule has 0 aliphatic carbocycles. The Hall–Kier alpha value is -4.02. The summed E-state index contributed by atoms with van der Waals surface area (Å²) in [6.07, 6.45) is 2.82. The maximum absolute atomic E-state index is 12.9. The van der Waals surface area contributed by atoms with Crippen molar-refractivity contribution in [3.8, 4) is 0 Å². The number of anilines is 1. The van der Waals surface area contributed by atoms with E-state index in [4.69, 9.17) is 11.6 Å². The third-order valence-corrected chi connectivity index (χ3v) is 6.40. The van der Waals surface area contributed by atoms with Gasteiger partial charge in [0.25, 0.3) is 11.8 Å². The molecule has 0 fully saturated rings. The van der Waals surface area contributed by atoms with Crippen LogP contribution in [0.15, 0.2) is 71.5 Å². The number of nitrogens with one attached hydrogen (secondary N) is 2. The lowest BCUT2D eigenvalue weighted by molar-refractivity contribution is -0.380. The third-order valence-electron chi connectivity index (χ3n) is 5.09. The minimum absolute atomic E-state index is 0.0384. The molecule has 3 rings (SSSR count). The smallest absolute Gasteiger partial charge is 0.324 e. The minimum Gasteiger partial charge on any atom is -0.372 e. The Labute approximate surface area is 217 Å². The van der Waals surface area contributed by atoms with Crippen LogP contribution < -0.4 is 15.6 Å². The summed E-state index contributed by atoms with van der Waals surface area (Å²) >= 11 is 7.05. The van der Waals surface area contributed by atoms with E-state index in [-0.39, 0.29) is 21.3 Å². The summed E-state index contributed by atoms with van der Waals surface area (Å²) in [6, 6.07) is 16.9. The molecule has 0 aliphatic rings. The van der Waals surface area contributed by atoms with Crippen LogP contribution in [0.25, 0.3) is 6.08 Å². The predicted octanol–water partition coefficient (Wildman–Crippen LogP) is 5.08. The van der Waals surface area contributed by atoms with Crippen molar-refractivity contribution in [3.05, 3.63) is 97.5 Å². The number of hydrogen-bond acceptors (Lipinski definition) is 7. The van der Waals surface area contributed by atoms with Gasteiger partial charge in [-0.2, -0.15) is 5.10 Å². The number of carbonyl (C=O) groups is 2. The molecule has 2 N–H and O–H groups in total. The van der Waals surface area contributed by atoms with Crippen molar-refractivity contribution in [2.45, 2.75) is 13.8 Å². The van der Waals surface area contributed by atoms with Gasteiger partial charge in [0.1, 0.15) is 5.70 Å². The first-order chi connectivity index (χ1) is 17.3. The van der Waals surface area contributed by atoms with Crippen LogP contribution in [0, 0.1) is 10.1 Å². The second kappa shape index (κ2) is 12.6. The molecule has 0 unspecified atom stereocenters. The fraction of sp³-hybridized carbons (Fsp3) is 0.160. The molecular weight excluding hydrogens is 502 g/mol. The number of benzene rings is 2. The van der Waals surface area contributed by atoms with Crippen molar-refractivity contribution in [1.82, 2.24) is 10.7 Å². The van der Waals surface area contributed by atoms with Crippen LogP contribution in [0.4, 0.5) is 10.7 Å². The summed E-state index contributed by atoms with van der Waals surface area (Å²) in [4.78, 5) is 38.8. The van der Waals surface area contributed by atoms with Crippen LogP contribution in [0.3, 0.4) is 0 Å². The molecule has 1 heterocycles. The van der Waals surface area contributed by atoms with E-state index in [0.717, 1.165) is 30.1 Å². The second-order valence-corrected chi connectivity index (χ2v) is 8.89. The average Bonchev–Trinajstić information content (AvgIpc) is 3.35. The zero-order valence-electron chi connectivity index (χ0n) is 19.6. The quantitative estimate of drug-likeness (QED) is 0.166. The zero-order valence-corrected chi connectivity index (χ0v) is 21.2. The van der Waals surface area contributed by atoms with E-state index >= 15 is 0 Å². The third kappa shape index (κ3) is 7.00. The molecule has 0 radical (unpaired) electrons. The highest BCUT2D eigenvalue weighted by Gasteiger charge is 2.16. The molecule has 0 aliphatic heterocycles. The van der Waals surface area contributed by atoms with Crippen molar-refractivity contribution >= 4 is 57.7 Å². The van der Waals surface area contributed by atoms with Crippen molar-refractivity contribution in [2.24, 2.45) is 5.10 Å². The highest BCUT2D eigenvalue weighted by atomic mass is 35.5. The molecule has 186 valence electrons. The van der Waals surface area contributed by atoms with E-state index in [9.17, 15) is 19.7 Å². The fourth-order valence-corrected chi connectivity index (χ4v) is 4.17. The normalized spacial score (nSPS) is 11.4. The molecule has 0 saturated carbocycles. The first kappa shape index (κ1) is 26.6. The fourth-order valence-electron chi connectivity index (χ4n) is 3.25. The van der Waals surface area contributed by atoms with Gasteiger partial charge in [-0.1, -0.05) is 47.2 Å². The number of halogens is 1. The molecule has 2 amide bonds. The molecular formula is C25H24ClN5O4S. The molecule has 11 heteroatoms. The van der Waals surface area contributed by atoms with Crippen LogP contribution >= 0.6 is 22.9 Å². The topological polar surface area (TPSA) is 117 Å². The highest BCUT2D eigenvalue weighted by Crippen LogP contribution is 2.22. The van der Waals surface area contributed by atoms with E-state index in [1.807, 2.05) is 24.3 Å². The van der Waals surface area contributed by atoms with Gasteiger partial charge in [0.05, 0.1) is 26.6 Å². The van der Waals surface area contributed by atoms with Crippen molar-refractivity contribution in [2.75, 3.05) is 18.0 Å². The van der Waals surface area contributed by atoms with E-state index in [1.165, 1.54) is 24.4 Å². The second-order valence-electron chi connectivity index (χ2n) is 7.39. The van der Waals surface area contributed by atoms with Crippen LogP contribution in [0.1, 0.15) is 34.6 Å². The largest absolute Gasteiger partial charge is 0.372 e. The van der Waals surface area contributed by atoms with Gasteiger partial charge in [-0.3, -0.25) is 19.7 Å². The van der Waals surface area contributed by atoms with Gasteiger partial charge in [0, 0.05) is 24.8 Å². The number of nitro groups is 1. The number of nitrogens with zero attached hydrogens (tertiary/aromatic N) is 3. The Balaban J connectivity index is 1.83. The number of amides is 2. The van der Waals surface area contributed by atoms with Gasteiger partial charge in [-0.15, -0.1) is 0 Å². The maximum Gasteiger partial charge on any atom is 0.324 e. The first-order valence-corrected chi connectivity index (χ1v) is 12.2. The van der Waals surface area contributed by atoms with Crippen LogP contribution in [-0.4, -0.2) is 36.0 Å². The lowest BCUT2D eigenvalue weighted by Gasteiger charge is -2.21. The van der Waals surface area contributed by atoms with Crippen LogP contribution in [0.2, 0.25) is 5.02 Å². The summed E-state index contributed by atoms with van der Waals surface area (Å²) in [6.45, 7) is 5.86. The zero-order chi connectivity index (χ0) is 26.1. The lowest BCUT2D eigenvalue weighted by atomic mass is 10.1. The van der Waals surface area contributed by atoms with Crippen LogP contribution in [-0.2, 0) is 4.79 Å². The lowest BCUT2D eigenvalue weighted by Crippen LogP contribution is -2.33. The van der Waals surface area contributed by atoms with Crippen molar-refractivity contribution < 1.29 is 14.5 Å². The van der Waals surface area contributed by atoms with Crippen molar-refractivity contribution in [3.63, 3.8) is 0 Å². The van der Waals surface area contributed by atoms with Crippen LogP contribution in [0.5, 0.6) is 0 Å². The molecule has 0 atom stereocenters. The van der Waals surface area contributed by atoms with E-state index in [0.29, 0.717) is 10.4 Å². The van der Waals surface area contributed by atoms with Gasteiger partial charge in [-0.05, 0) is 55.8 Å². The molecule has 0 spiro atoms. The van der Waals surface area contributed by atoms with E-state index < -0.39 is 16.7 Å². The Kier molecular flexibility index (Phi) is 9.32. The number of thiophene rings is 1. The Morgan fingerprint density at radius 2 is 1.78 bits per heavy atom. The summed E-state index contributed by atoms with van der Waals surface area (Å²) in [7, 11) is 0. The maximum atomic E-state index is 12.9. The number of rotatable bonds is 10. The number of hydrogen-bond donors (Lipinski definition) is 2. The number of carbonyl (C=O) groups excluding carboxylic acids is 2. The molecule has 1 aromatic heterocycles. The molecule has 0 bridgehead atoms. The van der Waals surface area contributed by atoms with Gasteiger partial charge < -0.3 is 10.2 Å². The molecule has 3 aromatic rings. The summed E-state index contributed by atoms with van der Waals surface area (Å²) in [5.74, 6) is -1.23. The van der Waals surface area contributed by atoms with Gasteiger partial charge >= 0.3 is 5.00 Å². The monoisotopic (exact) mass is 525 g/mol. The summed E-state index contributed by atoms with van der Waals surface area (Å²) in [5, 5.41) is 17.5.